The molecule has 0 bridgehead atoms. The third kappa shape index (κ3) is 3.25. The molecule has 1 rings (SSSR count). The summed E-state index contributed by atoms with van der Waals surface area (Å²) in [6.07, 6.45) is 4.05. The quantitative estimate of drug-likeness (QED) is 0.749. The van der Waals surface area contributed by atoms with E-state index in [1.165, 1.54) is 38.9 Å². The highest BCUT2D eigenvalue weighted by atomic mass is 15.1. The molecule has 2 nitrogen and oxygen atoms in total. The molecule has 0 aromatic carbocycles. The summed E-state index contributed by atoms with van der Waals surface area (Å²) >= 11 is 0. The van der Waals surface area contributed by atoms with Crippen molar-refractivity contribution >= 4 is 0 Å². The van der Waals surface area contributed by atoms with Crippen molar-refractivity contribution in [2.75, 3.05) is 26.2 Å². The molecule has 0 amide bonds. The molecule has 2 heteroatoms. The van der Waals surface area contributed by atoms with E-state index in [1.54, 1.807) is 0 Å². The maximum absolute atomic E-state index is 5.64. The topological polar surface area (TPSA) is 29.3 Å². The summed E-state index contributed by atoms with van der Waals surface area (Å²) in [5, 5.41) is 0. The van der Waals surface area contributed by atoms with Gasteiger partial charge in [-0.1, -0.05) is 27.2 Å². The van der Waals surface area contributed by atoms with E-state index < -0.39 is 0 Å². The minimum Gasteiger partial charge on any atom is -0.330 e. The highest BCUT2D eigenvalue weighted by molar-refractivity contribution is 4.81. The molecule has 1 unspecified atom stereocenters. The van der Waals surface area contributed by atoms with Gasteiger partial charge in [-0.15, -0.1) is 0 Å². The van der Waals surface area contributed by atoms with Crippen molar-refractivity contribution in [1.82, 2.24) is 4.90 Å². The number of nitrogens with zero attached hydrogens (tertiary/aromatic N) is 1. The monoisotopic (exact) mass is 198 g/mol. The molecule has 2 N–H and O–H groups in total. The summed E-state index contributed by atoms with van der Waals surface area (Å²) < 4.78 is 0. The lowest BCUT2D eigenvalue weighted by Gasteiger charge is -2.39. The van der Waals surface area contributed by atoms with Gasteiger partial charge in [0.05, 0.1) is 0 Å². The van der Waals surface area contributed by atoms with Crippen LogP contribution in [0, 0.1) is 11.3 Å². The zero-order valence-corrected chi connectivity index (χ0v) is 10.1. The molecule has 0 aromatic heterocycles. The number of rotatable bonds is 4. The van der Waals surface area contributed by atoms with Gasteiger partial charge in [0.2, 0.25) is 0 Å². The van der Waals surface area contributed by atoms with Crippen LogP contribution in [-0.4, -0.2) is 31.1 Å². The first-order valence-electron chi connectivity index (χ1n) is 6.02. The van der Waals surface area contributed by atoms with Gasteiger partial charge >= 0.3 is 0 Å². The fraction of sp³-hybridized carbons (Fsp3) is 1.00. The van der Waals surface area contributed by atoms with Gasteiger partial charge in [-0.05, 0) is 43.8 Å². The van der Waals surface area contributed by atoms with Crippen molar-refractivity contribution in [1.29, 1.82) is 0 Å². The van der Waals surface area contributed by atoms with Crippen LogP contribution in [0.15, 0.2) is 0 Å². The Morgan fingerprint density at radius 2 is 1.93 bits per heavy atom. The molecule has 0 aromatic rings. The number of piperidine rings is 1. The van der Waals surface area contributed by atoms with Crippen LogP contribution in [0.5, 0.6) is 0 Å². The molecule has 1 atom stereocenters. The lowest BCUT2D eigenvalue weighted by atomic mass is 9.78. The van der Waals surface area contributed by atoms with Gasteiger partial charge in [0.1, 0.15) is 0 Å². The average Bonchev–Trinajstić information content (AvgIpc) is 2.21. The minimum absolute atomic E-state index is 0.614. The van der Waals surface area contributed by atoms with Gasteiger partial charge < -0.3 is 10.6 Å². The molecule has 1 fully saturated rings. The van der Waals surface area contributed by atoms with E-state index in [4.69, 9.17) is 5.73 Å². The highest BCUT2D eigenvalue weighted by Crippen LogP contribution is 2.33. The molecule has 1 heterocycles. The second-order valence-electron chi connectivity index (χ2n) is 5.31. The Hall–Kier alpha value is -0.0800. The SMILES string of the molecule is CCC1(C)CCN(CC(C)CN)CC1. The molecule has 1 aliphatic rings. The van der Waals surface area contributed by atoms with Gasteiger partial charge in [-0.3, -0.25) is 0 Å². The standard InChI is InChI=1S/C12H26N2/c1-4-12(3)5-7-14(8-6-12)10-11(2)9-13/h11H,4-10,13H2,1-3H3. The summed E-state index contributed by atoms with van der Waals surface area (Å²) in [6.45, 7) is 11.5. The second kappa shape index (κ2) is 5.13. The molecular weight excluding hydrogens is 172 g/mol. The van der Waals surface area contributed by atoms with Crippen molar-refractivity contribution in [3.8, 4) is 0 Å². The first kappa shape index (κ1) is 12.0. The van der Waals surface area contributed by atoms with Gasteiger partial charge in [0, 0.05) is 6.54 Å². The number of likely N-dealkylation sites (tertiary alicyclic amines) is 1. The fourth-order valence-corrected chi connectivity index (χ4v) is 2.14. The minimum atomic E-state index is 0.614. The van der Waals surface area contributed by atoms with E-state index in [0.717, 1.165) is 6.54 Å². The molecule has 1 aliphatic heterocycles. The van der Waals surface area contributed by atoms with Gasteiger partial charge in [-0.25, -0.2) is 0 Å². The van der Waals surface area contributed by atoms with Gasteiger partial charge in [0.15, 0.2) is 0 Å². The van der Waals surface area contributed by atoms with Gasteiger partial charge in [-0.2, -0.15) is 0 Å². The van der Waals surface area contributed by atoms with E-state index in [2.05, 4.69) is 25.7 Å². The van der Waals surface area contributed by atoms with Crippen LogP contribution in [0.3, 0.4) is 0 Å². The lowest BCUT2D eigenvalue weighted by molar-refractivity contribution is 0.104. The third-order valence-corrected chi connectivity index (χ3v) is 3.89. The maximum atomic E-state index is 5.64. The predicted molar refractivity (Wildman–Crippen MR) is 62.3 cm³/mol. The zero-order valence-electron chi connectivity index (χ0n) is 10.1. The number of hydrogen-bond acceptors (Lipinski definition) is 2. The maximum Gasteiger partial charge on any atom is 0.00191 e. The third-order valence-electron chi connectivity index (χ3n) is 3.89. The second-order valence-corrected chi connectivity index (χ2v) is 5.31. The first-order valence-corrected chi connectivity index (χ1v) is 6.02. The summed E-state index contributed by atoms with van der Waals surface area (Å²) in [7, 11) is 0. The lowest BCUT2D eigenvalue weighted by Crippen LogP contribution is -2.41. The van der Waals surface area contributed by atoms with Crippen LogP contribution >= 0.6 is 0 Å². The van der Waals surface area contributed by atoms with Crippen LogP contribution in [0.25, 0.3) is 0 Å². The Kier molecular flexibility index (Phi) is 4.39. The average molecular weight is 198 g/mol. The van der Waals surface area contributed by atoms with Crippen LogP contribution in [0.2, 0.25) is 0 Å². The number of nitrogens with two attached hydrogens (primary N) is 1. The van der Waals surface area contributed by atoms with E-state index in [-0.39, 0.29) is 0 Å². The summed E-state index contributed by atoms with van der Waals surface area (Å²) in [4.78, 5) is 2.58. The normalized spacial score (nSPS) is 24.9. The molecule has 0 radical (unpaired) electrons. The van der Waals surface area contributed by atoms with E-state index in [0.29, 0.717) is 11.3 Å². The summed E-state index contributed by atoms with van der Waals surface area (Å²) in [5.41, 5.74) is 6.26. The molecule has 0 aliphatic carbocycles. The Bertz CT molecular complexity index is 160. The Balaban J connectivity index is 2.29. The molecule has 14 heavy (non-hydrogen) atoms. The number of hydrogen-bond donors (Lipinski definition) is 1. The van der Waals surface area contributed by atoms with Crippen LogP contribution in [0.4, 0.5) is 0 Å². The summed E-state index contributed by atoms with van der Waals surface area (Å²) in [5.74, 6) is 0.654. The first-order chi connectivity index (χ1) is 6.59. The fourth-order valence-electron chi connectivity index (χ4n) is 2.14. The van der Waals surface area contributed by atoms with Crippen LogP contribution < -0.4 is 5.73 Å². The predicted octanol–water partition coefficient (Wildman–Crippen LogP) is 2.09. The van der Waals surface area contributed by atoms with Crippen molar-refractivity contribution in [2.45, 2.75) is 40.0 Å². The molecule has 0 spiro atoms. The summed E-state index contributed by atoms with van der Waals surface area (Å²) in [6, 6.07) is 0. The molecule has 1 saturated heterocycles. The van der Waals surface area contributed by atoms with Crippen molar-refractivity contribution in [3.63, 3.8) is 0 Å². The Labute approximate surface area is 88.8 Å². The van der Waals surface area contributed by atoms with E-state index >= 15 is 0 Å². The smallest absolute Gasteiger partial charge is 0.00191 e. The molecule has 84 valence electrons. The molecule has 0 saturated carbocycles. The Morgan fingerprint density at radius 3 is 2.36 bits per heavy atom. The van der Waals surface area contributed by atoms with Crippen molar-refractivity contribution in [3.05, 3.63) is 0 Å². The highest BCUT2D eigenvalue weighted by Gasteiger charge is 2.28. The van der Waals surface area contributed by atoms with Crippen molar-refractivity contribution < 1.29 is 0 Å². The van der Waals surface area contributed by atoms with Crippen molar-refractivity contribution in [2.24, 2.45) is 17.1 Å². The van der Waals surface area contributed by atoms with Crippen LogP contribution in [0.1, 0.15) is 40.0 Å². The Morgan fingerprint density at radius 1 is 1.36 bits per heavy atom. The molecular formula is C12H26N2. The zero-order chi connectivity index (χ0) is 10.6. The van der Waals surface area contributed by atoms with Gasteiger partial charge in [0.25, 0.3) is 0 Å². The van der Waals surface area contributed by atoms with E-state index in [1.807, 2.05) is 0 Å². The van der Waals surface area contributed by atoms with E-state index in [9.17, 15) is 0 Å². The largest absolute Gasteiger partial charge is 0.330 e. The van der Waals surface area contributed by atoms with Crippen LogP contribution in [-0.2, 0) is 0 Å².